The molecular weight excluding hydrogens is 357 g/mol. The third kappa shape index (κ3) is 4.05. The number of pyridine rings is 1. The largest absolute Gasteiger partial charge is 0.490 e. The lowest BCUT2D eigenvalue weighted by molar-refractivity contribution is 0.0880. The minimum Gasteiger partial charge on any atom is -0.490 e. The van der Waals surface area contributed by atoms with Gasteiger partial charge >= 0.3 is 0 Å². The number of nitrogens with zero attached hydrogens (tertiary/aromatic N) is 2. The molecule has 1 aliphatic rings. The zero-order valence-corrected chi connectivity index (χ0v) is 15.1. The zero-order chi connectivity index (χ0) is 18.7. The number of amides is 1. The van der Waals surface area contributed by atoms with Gasteiger partial charge in [-0.15, -0.1) is 0 Å². The van der Waals surface area contributed by atoms with E-state index >= 15 is 0 Å². The smallest absolute Gasteiger partial charge is 0.252 e. The quantitative estimate of drug-likeness (QED) is 0.548. The van der Waals surface area contributed by atoms with E-state index in [1.807, 2.05) is 26.0 Å². The van der Waals surface area contributed by atoms with Gasteiger partial charge < -0.3 is 20.5 Å². The summed E-state index contributed by atoms with van der Waals surface area (Å²) >= 11 is 1.15. The summed E-state index contributed by atoms with van der Waals surface area (Å²) < 4.78 is 26.2. The van der Waals surface area contributed by atoms with Crippen LogP contribution < -0.4 is 20.5 Å². The van der Waals surface area contributed by atoms with Gasteiger partial charge in [-0.2, -0.15) is 8.79 Å². The van der Waals surface area contributed by atoms with E-state index in [1.54, 1.807) is 6.07 Å². The molecule has 0 atom stereocenters. The summed E-state index contributed by atoms with van der Waals surface area (Å²) in [4.78, 5) is 15.7. The van der Waals surface area contributed by atoms with E-state index in [-0.39, 0.29) is 12.2 Å². The number of nitrogens with one attached hydrogen (secondary N) is 2. The Kier molecular flexibility index (Phi) is 4.99. The lowest BCUT2D eigenvalue weighted by atomic mass is 10.1. The van der Waals surface area contributed by atoms with Gasteiger partial charge in [0.05, 0.1) is 28.9 Å². The topological polar surface area (TPSA) is 102 Å². The SMILES string of the molecule is CC(C)(COc1cccc2c1C(N)=NSN2)NC(=O)c1ccnc(F)c1. The minimum atomic E-state index is -0.706. The molecule has 9 heteroatoms. The predicted octanol–water partition coefficient (Wildman–Crippen LogP) is 2.50. The monoisotopic (exact) mass is 375 g/mol. The number of carbonyl (C=O) groups excluding carboxylic acids is 1. The molecular formula is C17H18FN5O2S. The number of halogens is 1. The molecule has 0 spiro atoms. The number of hydrogen-bond donors (Lipinski definition) is 3. The van der Waals surface area contributed by atoms with Crippen molar-refractivity contribution in [2.24, 2.45) is 10.1 Å². The van der Waals surface area contributed by atoms with Gasteiger partial charge in [0.1, 0.15) is 18.2 Å². The Morgan fingerprint density at radius 1 is 1.42 bits per heavy atom. The Bertz CT molecular complexity index is 872. The van der Waals surface area contributed by atoms with Crippen LogP contribution in [0.5, 0.6) is 5.75 Å². The van der Waals surface area contributed by atoms with Crippen LogP contribution in [-0.4, -0.2) is 28.9 Å². The van der Waals surface area contributed by atoms with Crippen molar-refractivity contribution >= 4 is 29.6 Å². The molecule has 0 radical (unpaired) electrons. The molecule has 0 fully saturated rings. The van der Waals surface area contributed by atoms with Gasteiger partial charge in [0, 0.05) is 17.8 Å². The van der Waals surface area contributed by atoms with Crippen molar-refractivity contribution in [3.05, 3.63) is 53.6 Å². The number of nitrogens with two attached hydrogens (primary N) is 1. The maximum Gasteiger partial charge on any atom is 0.252 e. The highest BCUT2D eigenvalue weighted by Gasteiger charge is 2.24. The fraction of sp³-hybridized carbons (Fsp3) is 0.235. The average molecular weight is 375 g/mol. The Labute approximate surface area is 154 Å². The number of hydrogen-bond acceptors (Lipinski definition) is 7. The van der Waals surface area contributed by atoms with Crippen LogP contribution in [0.4, 0.5) is 10.1 Å². The van der Waals surface area contributed by atoms with Gasteiger partial charge in [0.2, 0.25) is 5.95 Å². The average Bonchev–Trinajstić information content (AvgIpc) is 2.60. The van der Waals surface area contributed by atoms with E-state index < -0.39 is 17.4 Å². The molecule has 1 aliphatic heterocycles. The number of rotatable bonds is 5. The molecule has 3 rings (SSSR count). The van der Waals surface area contributed by atoms with Crippen molar-refractivity contribution in [1.82, 2.24) is 10.3 Å². The molecule has 1 aromatic carbocycles. The number of ether oxygens (including phenoxy) is 1. The number of amidine groups is 1. The Morgan fingerprint density at radius 2 is 2.23 bits per heavy atom. The van der Waals surface area contributed by atoms with Crippen molar-refractivity contribution in [3.8, 4) is 5.75 Å². The highest BCUT2D eigenvalue weighted by Crippen LogP contribution is 2.32. The van der Waals surface area contributed by atoms with Crippen LogP contribution in [0.25, 0.3) is 0 Å². The normalized spacial score (nSPS) is 13.3. The molecule has 4 N–H and O–H groups in total. The molecule has 0 saturated carbocycles. The fourth-order valence-corrected chi connectivity index (χ4v) is 2.89. The van der Waals surface area contributed by atoms with Crippen LogP contribution in [0, 0.1) is 5.95 Å². The second-order valence-corrected chi connectivity index (χ2v) is 6.91. The lowest BCUT2D eigenvalue weighted by Gasteiger charge is -2.27. The van der Waals surface area contributed by atoms with Crippen LogP contribution in [0.2, 0.25) is 0 Å². The minimum absolute atomic E-state index is 0.184. The first-order valence-electron chi connectivity index (χ1n) is 7.81. The summed E-state index contributed by atoms with van der Waals surface area (Å²) in [6, 6.07) is 8.03. The van der Waals surface area contributed by atoms with Crippen LogP contribution in [0.15, 0.2) is 40.9 Å². The molecule has 0 bridgehead atoms. The van der Waals surface area contributed by atoms with Gasteiger partial charge in [0.15, 0.2) is 0 Å². The first-order chi connectivity index (χ1) is 12.4. The van der Waals surface area contributed by atoms with Crippen molar-refractivity contribution in [2.75, 3.05) is 11.3 Å². The Balaban J connectivity index is 1.70. The molecule has 1 aromatic heterocycles. The molecule has 26 heavy (non-hydrogen) atoms. The second kappa shape index (κ2) is 7.20. The Morgan fingerprint density at radius 3 is 3.00 bits per heavy atom. The van der Waals surface area contributed by atoms with E-state index in [9.17, 15) is 9.18 Å². The summed E-state index contributed by atoms with van der Waals surface area (Å²) in [7, 11) is 0. The second-order valence-electron chi connectivity index (χ2n) is 6.34. The van der Waals surface area contributed by atoms with Gasteiger partial charge in [-0.1, -0.05) is 6.07 Å². The third-order valence-corrected chi connectivity index (χ3v) is 4.21. The van der Waals surface area contributed by atoms with Crippen molar-refractivity contribution < 1.29 is 13.9 Å². The maximum absolute atomic E-state index is 13.2. The van der Waals surface area contributed by atoms with Gasteiger partial charge in [-0.05, 0) is 32.0 Å². The summed E-state index contributed by atoms with van der Waals surface area (Å²) in [5.74, 6) is -0.181. The van der Waals surface area contributed by atoms with Crippen LogP contribution in [0.1, 0.15) is 29.8 Å². The molecule has 136 valence electrons. The first-order valence-corrected chi connectivity index (χ1v) is 8.59. The van der Waals surface area contributed by atoms with Crippen molar-refractivity contribution in [2.45, 2.75) is 19.4 Å². The van der Waals surface area contributed by atoms with E-state index in [2.05, 4.69) is 19.4 Å². The number of benzene rings is 1. The molecule has 7 nitrogen and oxygen atoms in total. The lowest BCUT2D eigenvalue weighted by Crippen LogP contribution is -2.48. The van der Waals surface area contributed by atoms with Crippen LogP contribution >= 0.6 is 12.1 Å². The number of anilines is 1. The van der Waals surface area contributed by atoms with E-state index in [1.165, 1.54) is 12.3 Å². The Hall–Kier alpha value is -2.81. The molecule has 0 aliphatic carbocycles. The predicted molar refractivity (Wildman–Crippen MR) is 99.6 cm³/mol. The first kappa shape index (κ1) is 18.0. The van der Waals surface area contributed by atoms with Crippen molar-refractivity contribution in [1.29, 1.82) is 0 Å². The summed E-state index contributed by atoms with van der Waals surface area (Å²) in [5, 5.41) is 2.82. The molecule has 1 amide bonds. The highest BCUT2D eigenvalue weighted by molar-refractivity contribution is 7.99. The summed E-state index contributed by atoms with van der Waals surface area (Å²) in [5.41, 5.74) is 6.94. The molecule has 0 saturated heterocycles. The molecule has 2 heterocycles. The zero-order valence-electron chi connectivity index (χ0n) is 14.2. The standard InChI is InChI=1S/C17H18FN5O2S/c1-17(2,21-16(24)10-6-7-20-13(18)8-10)9-25-12-5-3-4-11-14(12)15(19)23-26-22-11/h3-8,22H,9H2,1-2H3,(H2,19,23)(H,21,24). The number of fused-ring (bicyclic) bond motifs is 1. The van der Waals surface area contributed by atoms with Crippen molar-refractivity contribution in [3.63, 3.8) is 0 Å². The summed E-state index contributed by atoms with van der Waals surface area (Å²) in [6.07, 6.45) is 1.25. The van der Waals surface area contributed by atoms with Gasteiger partial charge in [0.25, 0.3) is 5.91 Å². The van der Waals surface area contributed by atoms with Crippen LogP contribution in [0.3, 0.4) is 0 Å². The third-order valence-electron chi connectivity index (χ3n) is 3.61. The molecule has 0 unspecified atom stereocenters. The van der Waals surface area contributed by atoms with E-state index in [0.717, 1.165) is 23.9 Å². The number of carbonyl (C=O) groups is 1. The van der Waals surface area contributed by atoms with Crippen LogP contribution in [-0.2, 0) is 0 Å². The number of aromatic nitrogens is 1. The van der Waals surface area contributed by atoms with E-state index in [0.29, 0.717) is 17.1 Å². The van der Waals surface area contributed by atoms with Gasteiger partial charge in [-0.25, -0.2) is 4.98 Å². The van der Waals surface area contributed by atoms with Gasteiger partial charge in [-0.3, -0.25) is 4.79 Å². The highest BCUT2D eigenvalue weighted by atomic mass is 32.2. The maximum atomic E-state index is 13.2. The fourth-order valence-electron chi connectivity index (χ4n) is 2.38. The molecule has 2 aromatic rings. The summed E-state index contributed by atoms with van der Waals surface area (Å²) in [6.45, 7) is 3.80. The van der Waals surface area contributed by atoms with E-state index in [4.69, 9.17) is 10.5 Å².